The van der Waals surface area contributed by atoms with Crippen LogP contribution in [-0.2, 0) is 4.79 Å². The predicted octanol–water partition coefficient (Wildman–Crippen LogP) is 1.62. The summed E-state index contributed by atoms with van der Waals surface area (Å²) in [6, 6.07) is 0. The van der Waals surface area contributed by atoms with Gasteiger partial charge in [0.05, 0.1) is 0 Å². The second kappa shape index (κ2) is 2.88. The van der Waals surface area contributed by atoms with E-state index in [1.165, 1.54) is 0 Å². The Morgan fingerprint density at radius 1 is 1.60 bits per heavy atom. The van der Waals surface area contributed by atoms with Gasteiger partial charge in [-0.25, -0.2) is 0 Å². The summed E-state index contributed by atoms with van der Waals surface area (Å²) in [4.78, 5) is 10.9. The molecular weight excluding hydrogens is 124 g/mol. The summed E-state index contributed by atoms with van der Waals surface area (Å²) in [5.74, 6) is 3.34. The third-order valence-electron chi connectivity index (χ3n) is 2.25. The van der Waals surface area contributed by atoms with Gasteiger partial charge < -0.3 is 0 Å². The highest BCUT2D eigenvalue weighted by atomic mass is 16.1. The maximum Gasteiger partial charge on any atom is 0.134 e. The molecular formula is C9H12O. The number of carbonyl (C=O) groups excluding carboxylic acids is 1. The van der Waals surface area contributed by atoms with Crippen molar-refractivity contribution >= 4 is 5.78 Å². The van der Waals surface area contributed by atoms with E-state index in [1.54, 1.807) is 6.92 Å². The van der Waals surface area contributed by atoms with Crippen molar-refractivity contribution < 1.29 is 4.79 Å². The topological polar surface area (TPSA) is 17.1 Å². The molecule has 0 heterocycles. The number of Topliss-reactive ketones (excluding diaryl/α,β-unsaturated/α-hetero) is 1. The lowest BCUT2D eigenvalue weighted by Gasteiger charge is -2.08. The summed E-state index contributed by atoms with van der Waals surface area (Å²) in [6.07, 6.45) is 8.43. The fourth-order valence-electron chi connectivity index (χ4n) is 1.65. The third kappa shape index (κ3) is 1.21. The zero-order chi connectivity index (χ0) is 7.56. The molecule has 0 spiro atoms. The number of hydrogen-bond donors (Lipinski definition) is 0. The molecule has 0 N–H and O–H groups in total. The number of ketones is 1. The first-order valence-corrected chi connectivity index (χ1v) is 3.72. The molecule has 0 bridgehead atoms. The number of terminal acetylenes is 1. The summed E-state index contributed by atoms with van der Waals surface area (Å²) in [5, 5.41) is 0. The second-order valence-electron chi connectivity index (χ2n) is 2.92. The Labute approximate surface area is 61.8 Å². The molecule has 1 heteroatoms. The van der Waals surface area contributed by atoms with Crippen molar-refractivity contribution in [3.8, 4) is 12.3 Å². The van der Waals surface area contributed by atoms with Gasteiger partial charge in [0, 0.05) is 11.8 Å². The second-order valence-corrected chi connectivity index (χ2v) is 2.92. The Morgan fingerprint density at radius 3 is 2.70 bits per heavy atom. The molecule has 1 fully saturated rings. The van der Waals surface area contributed by atoms with E-state index < -0.39 is 0 Å². The van der Waals surface area contributed by atoms with Gasteiger partial charge in [-0.3, -0.25) is 4.79 Å². The summed E-state index contributed by atoms with van der Waals surface area (Å²) in [6.45, 7) is 1.64. The fourth-order valence-corrected chi connectivity index (χ4v) is 1.65. The normalized spacial score (nSPS) is 31.6. The van der Waals surface area contributed by atoms with Gasteiger partial charge in [0.15, 0.2) is 0 Å². The van der Waals surface area contributed by atoms with Crippen molar-refractivity contribution in [1.82, 2.24) is 0 Å². The van der Waals surface area contributed by atoms with Crippen LogP contribution < -0.4 is 0 Å². The third-order valence-corrected chi connectivity index (χ3v) is 2.25. The van der Waals surface area contributed by atoms with Crippen molar-refractivity contribution in [2.75, 3.05) is 0 Å². The van der Waals surface area contributed by atoms with Gasteiger partial charge in [0.25, 0.3) is 0 Å². The van der Waals surface area contributed by atoms with Gasteiger partial charge >= 0.3 is 0 Å². The molecule has 54 valence electrons. The van der Waals surface area contributed by atoms with Crippen LogP contribution in [0.15, 0.2) is 0 Å². The summed E-state index contributed by atoms with van der Waals surface area (Å²) in [5.41, 5.74) is 0. The van der Waals surface area contributed by atoms with Crippen LogP contribution in [0.1, 0.15) is 26.2 Å². The molecule has 0 radical (unpaired) electrons. The van der Waals surface area contributed by atoms with Gasteiger partial charge in [0.2, 0.25) is 0 Å². The fraction of sp³-hybridized carbons (Fsp3) is 0.667. The quantitative estimate of drug-likeness (QED) is 0.501. The van der Waals surface area contributed by atoms with Crippen LogP contribution in [-0.4, -0.2) is 5.78 Å². The SMILES string of the molecule is C#C[C@@H]1CCC[C@H]1C(C)=O. The highest BCUT2D eigenvalue weighted by Gasteiger charge is 2.28. The molecule has 0 aliphatic heterocycles. The van der Waals surface area contributed by atoms with Crippen LogP contribution in [0.2, 0.25) is 0 Å². The molecule has 1 nitrogen and oxygen atoms in total. The lowest BCUT2D eigenvalue weighted by atomic mass is 9.94. The van der Waals surface area contributed by atoms with E-state index in [2.05, 4.69) is 5.92 Å². The molecule has 1 aliphatic rings. The Hall–Kier alpha value is -0.770. The predicted molar refractivity (Wildman–Crippen MR) is 40.3 cm³/mol. The van der Waals surface area contributed by atoms with Crippen LogP contribution in [0.4, 0.5) is 0 Å². The molecule has 2 atom stereocenters. The standard InChI is InChI=1S/C9H12O/c1-3-8-5-4-6-9(8)7(2)10/h1,8-9H,4-6H2,2H3/t8-,9+/m1/s1. The molecule has 1 aliphatic carbocycles. The van der Waals surface area contributed by atoms with E-state index in [1.807, 2.05) is 0 Å². The van der Waals surface area contributed by atoms with Crippen molar-refractivity contribution in [2.24, 2.45) is 11.8 Å². The van der Waals surface area contributed by atoms with Gasteiger partial charge in [-0.1, -0.05) is 6.42 Å². The molecule has 0 saturated heterocycles. The van der Waals surface area contributed by atoms with E-state index in [-0.39, 0.29) is 17.6 Å². The zero-order valence-corrected chi connectivity index (χ0v) is 6.26. The first-order chi connectivity index (χ1) is 4.75. The monoisotopic (exact) mass is 136 g/mol. The van der Waals surface area contributed by atoms with Crippen LogP contribution in [0.5, 0.6) is 0 Å². The summed E-state index contributed by atoms with van der Waals surface area (Å²) >= 11 is 0. The molecule has 0 aromatic heterocycles. The number of rotatable bonds is 1. The largest absolute Gasteiger partial charge is 0.300 e. The van der Waals surface area contributed by atoms with Gasteiger partial charge in [-0.05, 0) is 19.8 Å². The number of carbonyl (C=O) groups is 1. The van der Waals surface area contributed by atoms with E-state index in [0.29, 0.717) is 0 Å². The molecule has 10 heavy (non-hydrogen) atoms. The lowest BCUT2D eigenvalue weighted by Crippen LogP contribution is -2.14. The van der Waals surface area contributed by atoms with Crippen molar-refractivity contribution in [3.05, 3.63) is 0 Å². The van der Waals surface area contributed by atoms with Crippen molar-refractivity contribution in [3.63, 3.8) is 0 Å². The smallest absolute Gasteiger partial charge is 0.134 e. The first kappa shape index (κ1) is 7.34. The molecule has 0 aromatic carbocycles. The van der Waals surface area contributed by atoms with E-state index in [0.717, 1.165) is 19.3 Å². The van der Waals surface area contributed by atoms with Gasteiger partial charge in [-0.2, -0.15) is 0 Å². The zero-order valence-electron chi connectivity index (χ0n) is 6.26. The Balaban J connectivity index is 2.61. The minimum atomic E-state index is 0.171. The Morgan fingerprint density at radius 2 is 2.30 bits per heavy atom. The Kier molecular flexibility index (Phi) is 2.11. The molecule has 0 aromatic rings. The average molecular weight is 136 g/mol. The highest BCUT2D eigenvalue weighted by molar-refractivity contribution is 5.79. The minimum Gasteiger partial charge on any atom is -0.300 e. The molecule has 0 unspecified atom stereocenters. The van der Waals surface area contributed by atoms with E-state index in [9.17, 15) is 4.79 Å². The van der Waals surface area contributed by atoms with Crippen LogP contribution in [0, 0.1) is 24.2 Å². The molecule has 0 amide bonds. The minimum absolute atomic E-state index is 0.171. The van der Waals surface area contributed by atoms with Gasteiger partial charge in [-0.15, -0.1) is 12.3 Å². The van der Waals surface area contributed by atoms with E-state index >= 15 is 0 Å². The van der Waals surface area contributed by atoms with Crippen molar-refractivity contribution in [2.45, 2.75) is 26.2 Å². The van der Waals surface area contributed by atoms with E-state index in [4.69, 9.17) is 6.42 Å². The molecule has 1 saturated carbocycles. The Bertz CT molecular complexity index is 176. The van der Waals surface area contributed by atoms with Crippen LogP contribution in [0.25, 0.3) is 0 Å². The summed E-state index contributed by atoms with van der Waals surface area (Å²) in [7, 11) is 0. The van der Waals surface area contributed by atoms with Gasteiger partial charge in [0.1, 0.15) is 5.78 Å². The number of hydrogen-bond acceptors (Lipinski definition) is 1. The average Bonchev–Trinajstić information content (AvgIpc) is 2.33. The summed E-state index contributed by atoms with van der Waals surface area (Å²) < 4.78 is 0. The lowest BCUT2D eigenvalue weighted by molar-refractivity contribution is -0.121. The first-order valence-electron chi connectivity index (χ1n) is 3.72. The van der Waals surface area contributed by atoms with Crippen LogP contribution >= 0.6 is 0 Å². The van der Waals surface area contributed by atoms with Crippen molar-refractivity contribution in [1.29, 1.82) is 0 Å². The molecule has 1 rings (SSSR count). The van der Waals surface area contributed by atoms with Crippen LogP contribution in [0.3, 0.4) is 0 Å². The maximum atomic E-state index is 10.9. The highest BCUT2D eigenvalue weighted by Crippen LogP contribution is 2.31. The maximum absolute atomic E-state index is 10.9.